The number of carbonyl (C=O) groups excluding carboxylic acids is 3. The second kappa shape index (κ2) is 13.1. The van der Waals surface area contributed by atoms with E-state index in [2.05, 4.69) is 23.5 Å². The zero-order chi connectivity index (χ0) is 25.0. The summed E-state index contributed by atoms with van der Waals surface area (Å²) in [6, 6.07) is 19.1. The van der Waals surface area contributed by atoms with Gasteiger partial charge in [-0.1, -0.05) is 54.6 Å². The Hall–Kier alpha value is -3.92. The number of hydrogen-bond acceptors (Lipinski definition) is 5. The van der Waals surface area contributed by atoms with Gasteiger partial charge >= 0.3 is 5.97 Å². The van der Waals surface area contributed by atoms with E-state index in [0.717, 1.165) is 18.4 Å². The second-order valence-corrected chi connectivity index (χ2v) is 8.63. The van der Waals surface area contributed by atoms with Crippen LogP contribution in [0.3, 0.4) is 0 Å². The van der Waals surface area contributed by atoms with Gasteiger partial charge in [-0.3, -0.25) is 14.4 Å². The van der Waals surface area contributed by atoms with Gasteiger partial charge in [-0.15, -0.1) is 0 Å². The number of methoxy groups -OCH3 is 1. The third-order valence-electron chi connectivity index (χ3n) is 6.17. The molecule has 35 heavy (non-hydrogen) atoms. The van der Waals surface area contributed by atoms with Crippen molar-refractivity contribution < 1.29 is 19.1 Å². The Balaban J connectivity index is 1.53. The Morgan fingerprint density at radius 3 is 2.57 bits per heavy atom. The average molecular weight is 474 g/mol. The number of likely N-dealkylation sites (tertiary alicyclic amines) is 1. The number of nitriles is 1. The van der Waals surface area contributed by atoms with Crippen molar-refractivity contribution in [1.82, 2.24) is 10.2 Å². The maximum absolute atomic E-state index is 13.0. The highest BCUT2D eigenvalue weighted by Crippen LogP contribution is 2.30. The Morgan fingerprint density at radius 2 is 1.89 bits per heavy atom. The van der Waals surface area contributed by atoms with Crippen LogP contribution >= 0.6 is 0 Å². The topological polar surface area (TPSA) is 99.5 Å². The monoisotopic (exact) mass is 473 g/mol. The van der Waals surface area contributed by atoms with Crippen molar-refractivity contribution in [2.75, 3.05) is 20.2 Å². The van der Waals surface area contributed by atoms with Crippen molar-refractivity contribution in [3.63, 3.8) is 0 Å². The second-order valence-electron chi connectivity index (χ2n) is 8.63. The molecule has 1 N–H and O–H groups in total. The molecule has 1 heterocycles. The minimum absolute atomic E-state index is 0.0377. The van der Waals surface area contributed by atoms with Gasteiger partial charge in [0, 0.05) is 25.6 Å². The Kier molecular flexibility index (Phi) is 9.61. The largest absolute Gasteiger partial charge is 0.469 e. The Morgan fingerprint density at radius 1 is 1.14 bits per heavy atom. The van der Waals surface area contributed by atoms with Crippen LogP contribution in [0, 0.1) is 17.2 Å². The molecule has 1 aliphatic heterocycles. The summed E-state index contributed by atoms with van der Waals surface area (Å²) in [5, 5.41) is 11.7. The fourth-order valence-electron chi connectivity index (χ4n) is 4.33. The summed E-state index contributed by atoms with van der Waals surface area (Å²) in [5.74, 6) is -1.08. The van der Waals surface area contributed by atoms with Gasteiger partial charge in [-0.2, -0.15) is 5.26 Å². The number of amides is 2. The SMILES string of the molecule is COC(=O)C[C@@H]1C[C@@H](CC(=O)NCC=Cc2ccc(C#N)cc2)N(CCCc2ccccc2)C1=O. The molecule has 1 aliphatic rings. The smallest absolute Gasteiger partial charge is 0.306 e. The molecule has 1 fully saturated rings. The maximum Gasteiger partial charge on any atom is 0.306 e. The highest BCUT2D eigenvalue weighted by Gasteiger charge is 2.40. The van der Waals surface area contributed by atoms with Crippen LogP contribution < -0.4 is 5.32 Å². The fourth-order valence-corrected chi connectivity index (χ4v) is 4.33. The first-order valence-electron chi connectivity index (χ1n) is 11.8. The minimum Gasteiger partial charge on any atom is -0.469 e. The predicted molar refractivity (Wildman–Crippen MR) is 133 cm³/mol. The summed E-state index contributed by atoms with van der Waals surface area (Å²) in [4.78, 5) is 39.2. The zero-order valence-electron chi connectivity index (χ0n) is 20.0. The highest BCUT2D eigenvalue weighted by atomic mass is 16.5. The molecule has 0 saturated carbocycles. The molecule has 0 unspecified atom stereocenters. The van der Waals surface area contributed by atoms with Crippen LogP contribution in [-0.4, -0.2) is 48.9 Å². The number of ether oxygens (including phenoxy) is 1. The molecular weight excluding hydrogens is 442 g/mol. The van der Waals surface area contributed by atoms with E-state index >= 15 is 0 Å². The number of carbonyl (C=O) groups is 3. The van der Waals surface area contributed by atoms with E-state index in [1.54, 1.807) is 17.0 Å². The van der Waals surface area contributed by atoms with E-state index in [0.29, 0.717) is 25.1 Å². The van der Waals surface area contributed by atoms with E-state index in [1.807, 2.05) is 42.5 Å². The zero-order valence-corrected chi connectivity index (χ0v) is 20.0. The van der Waals surface area contributed by atoms with Crippen molar-refractivity contribution in [2.45, 2.75) is 38.1 Å². The third-order valence-corrected chi connectivity index (χ3v) is 6.17. The molecule has 2 atom stereocenters. The van der Waals surface area contributed by atoms with Crippen LogP contribution in [0.15, 0.2) is 60.7 Å². The highest BCUT2D eigenvalue weighted by molar-refractivity contribution is 5.87. The first-order chi connectivity index (χ1) is 17.0. The van der Waals surface area contributed by atoms with Crippen molar-refractivity contribution in [3.05, 3.63) is 77.4 Å². The molecule has 2 aromatic carbocycles. The summed E-state index contributed by atoms with van der Waals surface area (Å²) in [6.07, 6.45) is 6.04. The van der Waals surface area contributed by atoms with Crippen molar-refractivity contribution in [3.8, 4) is 6.07 Å². The standard InChI is InChI=1S/C28H31N3O4/c1-35-27(33)18-24-17-25(31(28(24)34)16-6-10-21-7-3-2-4-8-21)19-26(32)30-15-5-9-22-11-13-23(20-29)14-12-22/h2-5,7-9,11-14,24-25H,6,10,15-19H2,1H3,(H,30,32)/t24-,25-/m0/s1. The molecule has 7 nitrogen and oxygen atoms in total. The van der Waals surface area contributed by atoms with Gasteiger partial charge in [0.05, 0.1) is 31.1 Å². The normalized spacial score (nSPS) is 17.4. The molecule has 3 rings (SSSR count). The lowest BCUT2D eigenvalue weighted by Crippen LogP contribution is -2.38. The number of benzene rings is 2. The van der Waals surface area contributed by atoms with Crippen LogP contribution in [-0.2, 0) is 25.5 Å². The van der Waals surface area contributed by atoms with Gasteiger partial charge in [-0.05, 0) is 42.5 Å². The lowest BCUT2D eigenvalue weighted by molar-refractivity contribution is -0.145. The van der Waals surface area contributed by atoms with E-state index < -0.39 is 11.9 Å². The molecule has 2 amide bonds. The van der Waals surface area contributed by atoms with E-state index in [-0.39, 0.29) is 30.7 Å². The van der Waals surface area contributed by atoms with E-state index in [4.69, 9.17) is 10.00 Å². The average Bonchev–Trinajstić information content (AvgIpc) is 3.16. The lowest BCUT2D eigenvalue weighted by atomic mass is 10.00. The van der Waals surface area contributed by atoms with E-state index in [1.165, 1.54) is 12.7 Å². The molecule has 0 spiro atoms. The van der Waals surface area contributed by atoms with Gasteiger partial charge in [-0.25, -0.2) is 0 Å². The van der Waals surface area contributed by atoms with Crippen LogP contribution in [0.4, 0.5) is 0 Å². The maximum atomic E-state index is 13.0. The number of nitrogens with one attached hydrogen (secondary N) is 1. The predicted octanol–water partition coefficient (Wildman–Crippen LogP) is 3.49. The summed E-state index contributed by atoms with van der Waals surface area (Å²) in [6.45, 7) is 0.904. The molecule has 2 aromatic rings. The van der Waals surface area contributed by atoms with E-state index in [9.17, 15) is 14.4 Å². The third kappa shape index (κ3) is 7.82. The first kappa shape index (κ1) is 25.7. The number of esters is 1. The molecule has 1 saturated heterocycles. The van der Waals surface area contributed by atoms with Crippen molar-refractivity contribution in [2.24, 2.45) is 5.92 Å². The molecule has 0 radical (unpaired) electrons. The quantitative estimate of drug-likeness (QED) is 0.504. The number of aryl methyl sites for hydroxylation is 1. The molecule has 0 bridgehead atoms. The van der Waals surface area contributed by atoms with Gasteiger partial charge in [0.25, 0.3) is 0 Å². The fraction of sp³-hybridized carbons (Fsp3) is 0.357. The lowest BCUT2D eigenvalue weighted by Gasteiger charge is -2.24. The number of hydrogen-bond donors (Lipinski definition) is 1. The molecular formula is C28H31N3O4. The Bertz CT molecular complexity index is 1070. The van der Waals surface area contributed by atoms with Gasteiger partial charge in [0.1, 0.15) is 0 Å². The Labute approximate surface area is 206 Å². The number of nitrogens with zero attached hydrogens (tertiary/aromatic N) is 2. The van der Waals surface area contributed by atoms with Crippen molar-refractivity contribution >= 4 is 23.9 Å². The van der Waals surface area contributed by atoms with Crippen LogP contribution in [0.1, 0.15) is 42.4 Å². The molecule has 0 aromatic heterocycles. The van der Waals surface area contributed by atoms with Crippen molar-refractivity contribution in [1.29, 1.82) is 5.26 Å². The van der Waals surface area contributed by atoms with Crippen LogP contribution in [0.5, 0.6) is 0 Å². The molecule has 7 heteroatoms. The number of rotatable bonds is 11. The van der Waals surface area contributed by atoms with Gasteiger partial charge < -0.3 is 15.0 Å². The molecule has 0 aliphatic carbocycles. The van der Waals surface area contributed by atoms with Crippen LogP contribution in [0.2, 0.25) is 0 Å². The van der Waals surface area contributed by atoms with Gasteiger partial charge in [0.2, 0.25) is 11.8 Å². The summed E-state index contributed by atoms with van der Waals surface area (Å²) >= 11 is 0. The summed E-state index contributed by atoms with van der Waals surface area (Å²) in [5.41, 5.74) is 2.74. The van der Waals surface area contributed by atoms with Crippen LogP contribution in [0.25, 0.3) is 6.08 Å². The molecule has 182 valence electrons. The summed E-state index contributed by atoms with van der Waals surface area (Å²) in [7, 11) is 1.32. The first-order valence-corrected chi connectivity index (χ1v) is 11.8. The van der Waals surface area contributed by atoms with Gasteiger partial charge in [0.15, 0.2) is 0 Å². The minimum atomic E-state index is -0.451. The summed E-state index contributed by atoms with van der Waals surface area (Å²) < 4.78 is 4.75.